The highest BCUT2D eigenvalue weighted by molar-refractivity contribution is 5.57. The predicted molar refractivity (Wildman–Crippen MR) is 56.9 cm³/mol. The van der Waals surface area contributed by atoms with Crippen molar-refractivity contribution in [3.8, 4) is 11.4 Å². The molecular formula is C12H11FN2. The molecule has 76 valence electrons. The third kappa shape index (κ3) is 1.86. The van der Waals surface area contributed by atoms with Crippen LogP contribution >= 0.6 is 0 Å². The van der Waals surface area contributed by atoms with E-state index in [0.717, 1.165) is 5.69 Å². The van der Waals surface area contributed by atoms with Gasteiger partial charge in [0.15, 0.2) is 5.82 Å². The fourth-order valence-corrected chi connectivity index (χ4v) is 1.40. The van der Waals surface area contributed by atoms with Crippen LogP contribution in [0.2, 0.25) is 0 Å². The molecule has 1 aromatic heterocycles. The molecule has 3 heteroatoms. The van der Waals surface area contributed by atoms with Gasteiger partial charge >= 0.3 is 0 Å². The number of hydrogen-bond acceptors (Lipinski definition) is 2. The average Bonchev–Trinajstić information content (AvgIpc) is 2.22. The van der Waals surface area contributed by atoms with Gasteiger partial charge in [-0.15, -0.1) is 0 Å². The summed E-state index contributed by atoms with van der Waals surface area (Å²) in [6.45, 7) is 3.59. The van der Waals surface area contributed by atoms with Crippen molar-refractivity contribution in [2.45, 2.75) is 13.8 Å². The lowest BCUT2D eigenvalue weighted by Crippen LogP contribution is -1.94. The number of aryl methyl sites for hydroxylation is 2. The molecule has 0 N–H and O–H groups in total. The molecule has 0 spiro atoms. The minimum Gasteiger partial charge on any atom is -0.236 e. The van der Waals surface area contributed by atoms with Gasteiger partial charge in [-0.2, -0.15) is 0 Å². The van der Waals surface area contributed by atoms with Crippen LogP contribution in [0, 0.1) is 19.7 Å². The lowest BCUT2D eigenvalue weighted by atomic mass is 10.1. The molecule has 0 saturated heterocycles. The summed E-state index contributed by atoms with van der Waals surface area (Å²) in [5.74, 6) is 0.194. The first-order valence-electron chi connectivity index (χ1n) is 4.73. The van der Waals surface area contributed by atoms with Crippen LogP contribution < -0.4 is 0 Å². The van der Waals surface area contributed by atoms with Crippen molar-refractivity contribution < 1.29 is 4.39 Å². The van der Waals surface area contributed by atoms with Gasteiger partial charge in [0.25, 0.3) is 0 Å². The largest absolute Gasteiger partial charge is 0.236 e. The molecule has 1 heterocycles. The Kier molecular flexibility index (Phi) is 2.46. The predicted octanol–water partition coefficient (Wildman–Crippen LogP) is 2.90. The van der Waals surface area contributed by atoms with Crippen molar-refractivity contribution in [2.24, 2.45) is 0 Å². The molecule has 1 aromatic carbocycles. The van der Waals surface area contributed by atoms with E-state index in [2.05, 4.69) is 9.97 Å². The van der Waals surface area contributed by atoms with E-state index >= 15 is 0 Å². The van der Waals surface area contributed by atoms with E-state index < -0.39 is 0 Å². The first-order valence-corrected chi connectivity index (χ1v) is 4.73. The zero-order valence-electron chi connectivity index (χ0n) is 8.66. The Bertz CT molecular complexity index is 495. The molecule has 0 aliphatic heterocycles. The molecule has 15 heavy (non-hydrogen) atoms. The molecule has 0 atom stereocenters. The highest BCUT2D eigenvalue weighted by Crippen LogP contribution is 2.21. The third-order valence-corrected chi connectivity index (χ3v) is 2.23. The maximum atomic E-state index is 13.7. The van der Waals surface area contributed by atoms with E-state index in [1.54, 1.807) is 37.4 Å². The smallest absolute Gasteiger partial charge is 0.162 e. The van der Waals surface area contributed by atoms with Crippen molar-refractivity contribution >= 4 is 0 Å². The van der Waals surface area contributed by atoms with Gasteiger partial charge in [0.05, 0.1) is 5.56 Å². The lowest BCUT2D eigenvalue weighted by molar-refractivity contribution is 0.620. The Balaban J connectivity index is 2.59. The summed E-state index contributed by atoms with van der Waals surface area (Å²) < 4.78 is 13.7. The molecule has 2 aromatic rings. The summed E-state index contributed by atoms with van der Waals surface area (Å²) in [7, 11) is 0. The number of benzene rings is 1. The van der Waals surface area contributed by atoms with Crippen molar-refractivity contribution in [1.82, 2.24) is 9.97 Å². The summed E-state index contributed by atoms with van der Waals surface area (Å²) in [6.07, 6.45) is 1.64. The van der Waals surface area contributed by atoms with Gasteiger partial charge in [0.1, 0.15) is 5.82 Å². The minimum absolute atomic E-state index is 0.247. The molecule has 0 saturated carbocycles. The van der Waals surface area contributed by atoms with E-state index in [4.69, 9.17) is 0 Å². The molecule has 2 nitrogen and oxygen atoms in total. The summed E-state index contributed by atoms with van der Waals surface area (Å²) >= 11 is 0. The maximum absolute atomic E-state index is 13.7. The number of nitrogens with zero attached hydrogens (tertiary/aromatic N) is 2. The standard InChI is InChI=1S/C12H11FN2/c1-8-4-3-5-10(11(8)13)12-14-7-6-9(2)15-12/h3-7H,1-2H3. The lowest BCUT2D eigenvalue weighted by Gasteiger charge is -2.04. The number of aromatic nitrogens is 2. The van der Waals surface area contributed by atoms with Crippen LogP contribution in [0.5, 0.6) is 0 Å². The Morgan fingerprint density at radius 1 is 1.13 bits per heavy atom. The van der Waals surface area contributed by atoms with Crippen LogP contribution in [-0.4, -0.2) is 9.97 Å². The minimum atomic E-state index is -0.247. The average molecular weight is 202 g/mol. The summed E-state index contributed by atoms with van der Waals surface area (Å²) in [4.78, 5) is 8.25. The van der Waals surface area contributed by atoms with Crippen molar-refractivity contribution in [2.75, 3.05) is 0 Å². The molecule has 0 bridgehead atoms. The third-order valence-electron chi connectivity index (χ3n) is 2.23. The van der Waals surface area contributed by atoms with Gasteiger partial charge in [0, 0.05) is 11.9 Å². The Morgan fingerprint density at radius 2 is 1.93 bits per heavy atom. The molecule has 2 rings (SSSR count). The number of rotatable bonds is 1. The van der Waals surface area contributed by atoms with Crippen LogP contribution in [0.15, 0.2) is 30.5 Å². The molecule has 0 aliphatic rings. The highest BCUT2D eigenvalue weighted by atomic mass is 19.1. The van der Waals surface area contributed by atoms with Crippen LogP contribution in [0.1, 0.15) is 11.3 Å². The second-order valence-electron chi connectivity index (χ2n) is 3.46. The second kappa shape index (κ2) is 3.77. The van der Waals surface area contributed by atoms with Crippen LogP contribution in [-0.2, 0) is 0 Å². The quantitative estimate of drug-likeness (QED) is 0.710. The SMILES string of the molecule is Cc1ccnc(-c2cccc(C)c2F)n1. The summed E-state index contributed by atoms with van der Waals surface area (Å²) in [5.41, 5.74) is 1.90. The molecule has 0 aliphatic carbocycles. The van der Waals surface area contributed by atoms with Crippen LogP contribution in [0.25, 0.3) is 11.4 Å². The van der Waals surface area contributed by atoms with E-state index in [1.165, 1.54) is 0 Å². The van der Waals surface area contributed by atoms with E-state index in [0.29, 0.717) is 17.0 Å². The fourth-order valence-electron chi connectivity index (χ4n) is 1.40. The van der Waals surface area contributed by atoms with Crippen molar-refractivity contribution in [3.05, 3.63) is 47.5 Å². The Hall–Kier alpha value is -1.77. The van der Waals surface area contributed by atoms with Gasteiger partial charge in [-0.25, -0.2) is 14.4 Å². The van der Waals surface area contributed by atoms with Crippen LogP contribution in [0.3, 0.4) is 0 Å². The van der Waals surface area contributed by atoms with Gasteiger partial charge < -0.3 is 0 Å². The molecule has 0 amide bonds. The zero-order valence-corrected chi connectivity index (χ0v) is 8.66. The number of hydrogen-bond donors (Lipinski definition) is 0. The molecule has 0 fully saturated rings. The molecular weight excluding hydrogens is 191 g/mol. The monoisotopic (exact) mass is 202 g/mol. The topological polar surface area (TPSA) is 25.8 Å². The van der Waals surface area contributed by atoms with Gasteiger partial charge in [0.2, 0.25) is 0 Å². The van der Waals surface area contributed by atoms with Crippen LogP contribution in [0.4, 0.5) is 4.39 Å². The first-order chi connectivity index (χ1) is 7.18. The van der Waals surface area contributed by atoms with E-state index in [9.17, 15) is 4.39 Å². The summed E-state index contributed by atoms with van der Waals surface area (Å²) in [6, 6.07) is 7.02. The van der Waals surface area contributed by atoms with E-state index in [-0.39, 0.29) is 5.82 Å². The van der Waals surface area contributed by atoms with Crippen molar-refractivity contribution in [3.63, 3.8) is 0 Å². The zero-order chi connectivity index (χ0) is 10.8. The second-order valence-corrected chi connectivity index (χ2v) is 3.46. The maximum Gasteiger partial charge on any atom is 0.162 e. The van der Waals surface area contributed by atoms with Gasteiger partial charge in [-0.3, -0.25) is 0 Å². The first kappa shape index (κ1) is 9.77. The summed E-state index contributed by atoms with van der Waals surface area (Å²) in [5, 5.41) is 0. The van der Waals surface area contributed by atoms with Gasteiger partial charge in [-0.1, -0.05) is 12.1 Å². The Labute approximate surface area is 87.8 Å². The molecule has 0 radical (unpaired) electrons. The number of halogens is 1. The van der Waals surface area contributed by atoms with E-state index in [1.807, 2.05) is 6.92 Å². The Morgan fingerprint density at radius 3 is 2.67 bits per heavy atom. The van der Waals surface area contributed by atoms with Crippen molar-refractivity contribution in [1.29, 1.82) is 0 Å². The normalized spacial score (nSPS) is 10.3. The highest BCUT2D eigenvalue weighted by Gasteiger charge is 2.09. The fraction of sp³-hybridized carbons (Fsp3) is 0.167. The van der Waals surface area contributed by atoms with Gasteiger partial charge in [-0.05, 0) is 31.5 Å². The molecule has 0 unspecified atom stereocenters.